The first-order valence-electron chi connectivity index (χ1n) is 9.65. The second-order valence-corrected chi connectivity index (χ2v) is 6.31. The van der Waals surface area contributed by atoms with E-state index in [9.17, 15) is 0 Å². The van der Waals surface area contributed by atoms with Gasteiger partial charge in [0.2, 0.25) is 0 Å². The monoisotopic (exact) mass is 458 g/mol. The number of hydrogen-bond acceptors (Lipinski definition) is 0. The van der Waals surface area contributed by atoms with Crippen LogP contribution >= 0.6 is 0 Å². The van der Waals surface area contributed by atoms with Gasteiger partial charge in [-0.25, -0.2) is 23.3 Å². The molecule has 0 aromatic heterocycles. The van der Waals surface area contributed by atoms with Crippen molar-refractivity contribution in [2.75, 3.05) is 0 Å². The van der Waals surface area contributed by atoms with Gasteiger partial charge >= 0.3 is 26.2 Å². The average molecular weight is 460 g/mol. The molecule has 0 aliphatic heterocycles. The van der Waals surface area contributed by atoms with Crippen molar-refractivity contribution in [1.82, 2.24) is 0 Å². The van der Waals surface area contributed by atoms with Crippen LogP contribution in [0, 0.1) is 19.1 Å². The quantitative estimate of drug-likeness (QED) is 0.545. The smallest absolute Gasteiger partial charge is 1.00 e. The van der Waals surface area contributed by atoms with E-state index in [1.165, 1.54) is 49.7 Å². The van der Waals surface area contributed by atoms with E-state index in [2.05, 4.69) is 57.2 Å². The molecule has 0 fully saturated rings. The molecular formula is C25H33ClZr. The van der Waals surface area contributed by atoms with Gasteiger partial charge in [-0.1, -0.05) is 58.4 Å². The molecule has 0 saturated heterocycles. The number of hydrogen-bond donors (Lipinski definition) is 0. The molecule has 2 aliphatic carbocycles. The van der Waals surface area contributed by atoms with Crippen LogP contribution in [0.4, 0.5) is 0 Å². The fourth-order valence-electron chi connectivity index (χ4n) is 2.46. The molecule has 0 bridgehead atoms. The largest absolute Gasteiger partial charge is 4.00 e. The van der Waals surface area contributed by atoms with E-state index in [4.69, 9.17) is 0 Å². The standard InChI is InChI=1S/2C9H13.C7H7.ClH.Zr/c2*1-2-3-6-9-7-4-5-8-9;1-7-5-3-2-4-6-7;;/h2*4,7H,2-3,5-6H2,1H3;2-6H,1H2;1H;/q3*-1;;+4/p-1. The maximum atomic E-state index is 3.72. The third kappa shape index (κ3) is 15.9. The zero-order valence-electron chi connectivity index (χ0n) is 16.9. The van der Waals surface area contributed by atoms with Crippen LogP contribution in [0.5, 0.6) is 0 Å². The van der Waals surface area contributed by atoms with Gasteiger partial charge in [0, 0.05) is 0 Å². The molecule has 0 N–H and O–H groups in total. The van der Waals surface area contributed by atoms with Crippen molar-refractivity contribution in [2.24, 2.45) is 0 Å². The van der Waals surface area contributed by atoms with Gasteiger partial charge in [-0.15, -0.1) is 25.0 Å². The Kier molecular flexibility index (Phi) is 21.0. The van der Waals surface area contributed by atoms with Gasteiger partial charge in [-0.05, 0) is 0 Å². The van der Waals surface area contributed by atoms with Crippen molar-refractivity contribution in [3.63, 3.8) is 0 Å². The van der Waals surface area contributed by atoms with Gasteiger partial charge in [-0.2, -0.15) is 36.8 Å². The molecule has 0 nitrogen and oxygen atoms in total. The SMILES string of the molecule is CCCCC1=[C-]CC=C1.CCCCC1=[C-]CC=C1.[CH2-]c1ccccc1.[Cl-].[Zr+4]. The molecule has 0 saturated carbocycles. The summed E-state index contributed by atoms with van der Waals surface area (Å²) >= 11 is 0. The van der Waals surface area contributed by atoms with Gasteiger partial charge in [-0.3, -0.25) is 12.2 Å². The number of benzene rings is 1. The summed E-state index contributed by atoms with van der Waals surface area (Å²) in [6.07, 6.45) is 25.1. The minimum absolute atomic E-state index is 0. The summed E-state index contributed by atoms with van der Waals surface area (Å²) in [6.45, 7) is 8.16. The molecule has 0 atom stereocenters. The minimum Gasteiger partial charge on any atom is -1.00 e. The molecule has 0 spiro atoms. The molecule has 3 rings (SSSR count). The molecule has 0 amide bonds. The van der Waals surface area contributed by atoms with Gasteiger partial charge in [0.05, 0.1) is 0 Å². The summed E-state index contributed by atoms with van der Waals surface area (Å²) in [5.41, 5.74) is 3.90. The maximum absolute atomic E-state index is 3.72. The molecule has 1 aromatic carbocycles. The molecule has 27 heavy (non-hydrogen) atoms. The van der Waals surface area contributed by atoms with Crippen molar-refractivity contribution in [3.8, 4) is 0 Å². The van der Waals surface area contributed by atoms with Crippen LogP contribution in [0.25, 0.3) is 0 Å². The minimum atomic E-state index is 0. The summed E-state index contributed by atoms with van der Waals surface area (Å²) < 4.78 is 0. The van der Waals surface area contributed by atoms with Crippen LogP contribution in [-0.4, -0.2) is 0 Å². The van der Waals surface area contributed by atoms with Gasteiger partial charge < -0.3 is 12.4 Å². The van der Waals surface area contributed by atoms with E-state index < -0.39 is 0 Å². The summed E-state index contributed by atoms with van der Waals surface area (Å²) in [5.74, 6) is 0. The maximum Gasteiger partial charge on any atom is 4.00 e. The second-order valence-electron chi connectivity index (χ2n) is 6.31. The van der Waals surface area contributed by atoms with Crippen molar-refractivity contribution >= 4 is 0 Å². The van der Waals surface area contributed by atoms with Gasteiger partial charge in [0.25, 0.3) is 0 Å². The van der Waals surface area contributed by atoms with E-state index in [1.807, 2.05) is 30.3 Å². The Balaban J connectivity index is 0. The second kappa shape index (κ2) is 20.0. The first-order valence-corrected chi connectivity index (χ1v) is 9.65. The first kappa shape index (κ1) is 28.4. The van der Waals surface area contributed by atoms with Crippen molar-refractivity contribution < 1.29 is 38.6 Å². The Labute approximate surface area is 193 Å². The molecule has 1 aromatic rings. The molecular weight excluding hydrogens is 427 g/mol. The number of rotatable bonds is 6. The predicted molar refractivity (Wildman–Crippen MR) is 111 cm³/mol. The molecule has 2 aliphatic rings. The molecule has 0 heterocycles. The molecule has 144 valence electrons. The summed E-state index contributed by atoms with van der Waals surface area (Å²) in [6, 6.07) is 9.87. The first-order chi connectivity index (χ1) is 12.3. The zero-order valence-corrected chi connectivity index (χ0v) is 20.2. The van der Waals surface area contributed by atoms with Crippen molar-refractivity contribution in [1.29, 1.82) is 0 Å². The van der Waals surface area contributed by atoms with Crippen LogP contribution in [0.2, 0.25) is 0 Å². The van der Waals surface area contributed by atoms with E-state index in [0.717, 1.165) is 18.4 Å². The van der Waals surface area contributed by atoms with Crippen LogP contribution in [0.3, 0.4) is 0 Å². The van der Waals surface area contributed by atoms with E-state index in [0.29, 0.717) is 0 Å². The van der Waals surface area contributed by atoms with E-state index >= 15 is 0 Å². The van der Waals surface area contributed by atoms with Crippen LogP contribution in [0.15, 0.2) is 65.8 Å². The van der Waals surface area contributed by atoms with Crippen LogP contribution < -0.4 is 12.4 Å². The van der Waals surface area contributed by atoms with Crippen molar-refractivity contribution in [3.05, 3.63) is 90.4 Å². The Hall–Kier alpha value is -0.777. The summed E-state index contributed by atoms with van der Waals surface area (Å²) in [5, 5.41) is 0. The third-order valence-corrected chi connectivity index (χ3v) is 3.97. The fraction of sp³-hybridized carbons (Fsp3) is 0.400. The van der Waals surface area contributed by atoms with Gasteiger partial charge in [0.15, 0.2) is 0 Å². The van der Waals surface area contributed by atoms with Crippen LogP contribution in [0.1, 0.15) is 70.8 Å². The average Bonchev–Trinajstić information content (AvgIpc) is 3.34. The van der Waals surface area contributed by atoms with E-state index in [-0.39, 0.29) is 38.6 Å². The Morgan fingerprint density at radius 2 is 1.26 bits per heavy atom. The Bertz CT molecular complexity index is 533. The van der Waals surface area contributed by atoms with Crippen molar-refractivity contribution in [2.45, 2.75) is 65.2 Å². The molecule has 0 radical (unpaired) electrons. The Morgan fingerprint density at radius 3 is 1.52 bits per heavy atom. The Morgan fingerprint density at radius 1 is 0.815 bits per heavy atom. The summed E-state index contributed by atoms with van der Waals surface area (Å²) in [4.78, 5) is 0. The summed E-state index contributed by atoms with van der Waals surface area (Å²) in [7, 11) is 0. The molecule has 0 unspecified atom stereocenters. The molecule has 2 heteroatoms. The third-order valence-electron chi connectivity index (χ3n) is 3.97. The number of unbranched alkanes of at least 4 members (excludes halogenated alkanes) is 2. The number of allylic oxidation sites excluding steroid dienone is 8. The van der Waals surface area contributed by atoms with Gasteiger partial charge in [0.1, 0.15) is 0 Å². The van der Waals surface area contributed by atoms with Crippen LogP contribution in [-0.2, 0) is 26.2 Å². The fourth-order valence-corrected chi connectivity index (χ4v) is 2.46. The predicted octanol–water partition coefficient (Wildman–Crippen LogP) is 4.60. The zero-order chi connectivity index (χ0) is 18.2. The topological polar surface area (TPSA) is 0 Å². The number of halogens is 1. The van der Waals surface area contributed by atoms with E-state index in [1.54, 1.807) is 0 Å². The normalized spacial score (nSPS) is 13.1.